The van der Waals surface area contributed by atoms with Crippen LogP contribution in [-0.2, 0) is 4.79 Å². The number of aryl methyl sites for hydroxylation is 3. The predicted octanol–water partition coefficient (Wildman–Crippen LogP) is 3.84. The molecule has 1 amide bonds. The van der Waals surface area contributed by atoms with Crippen LogP contribution in [0.1, 0.15) is 36.0 Å². The normalized spacial score (nSPS) is 36.9. The predicted molar refractivity (Wildman–Crippen MR) is 80.6 cm³/mol. The number of carbonyl (C=O) groups excluding carboxylic acids is 1. The Morgan fingerprint density at radius 2 is 1.60 bits per heavy atom. The van der Waals surface area contributed by atoms with E-state index >= 15 is 0 Å². The standard InChI is InChI=1S/C18H23NO/c1-9-6-10(2)17(11(3)7-9)19-18(20)16-14-12-4-5-13(8-12)15(14)16/h6-7,12-16H,4-5,8H2,1-3H3,(H,19,20)/t12-,13-,14-,15+,16?/m1/s1. The first-order chi connectivity index (χ1) is 9.56. The van der Waals surface area contributed by atoms with Crippen molar-refractivity contribution in [3.8, 4) is 0 Å². The van der Waals surface area contributed by atoms with Crippen LogP contribution in [0.25, 0.3) is 0 Å². The Labute approximate surface area is 121 Å². The average Bonchev–Trinajstić information content (AvgIpc) is 2.82. The number of anilines is 1. The van der Waals surface area contributed by atoms with Gasteiger partial charge in [0.25, 0.3) is 0 Å². The van der Waals surface area contributed by atoms with Gasteiger partial charge in [-0.2, -0.15) is 0 Å². The van der Waals surface area contributed by atoms with E-state index in [1.807, 2.05) is 0 Å². The molecule has 3 aliphatic carbocycles. The van der Waals surface area contributed by atoms with Gasteiger partial charge in [0.15, 0.2) is 0 Å². The number of nitrogens with one attached hydrogen (secondary N) is 1. The van der Waals surface area contributed by atoms with E-state index in [2.05, 4.69) is 38.2 Å². The molecule has 0 radical (unpaired) electrons. The zero-order chi connectivity index (χ0) is 14.0. The maximum atomic E-state index is 12.6. The lowest BCUT2D eigenvalue weighted by molar-refractivity contribution is -0.118. The molecule has 2 heteroatoms. The topological polar surface area (TPSA) is 29.1 Å². The Morgan fingerprint density at radius 1 is 1.05 bits per heavy atom. The molecule has 1 unspecified atom stereocenters. The number of carbonyl (C=O) groups is 1. The maximum Gasteiger partial charge on any atom is 0.228 e. The lowest BCUT2D eigenvalue weighted by Gasteiger charge is -2.14. The zero-order valence-electron chi connectivity index (χ0n) is 12.6. The average molecular weight is 269 g/mol. The van der Waals surface area contributed by atoms with Crippen LogP contribution in [0.3, 0.4) is 0 Å². The van der Waals surface area contributed by atoms with E-state index in [-0.39, 0.29) is 5.91 Å². The summed E-state index contributed by atoms with van der Waals surface area (Å²) in [6.45, 7) is 6.29. The van der Waals surface area contributed by atoms with Gasteiger partial charge >= 0.3 is 0 Å². The summed E-state index contributed by atoms with van der Waals surface area (Å²) in [7, 11) is 0. The van der Waals surface area contributed by atoms with Crippen LogP contribution in [0.15, 0.2) is 12.1 Å². The van der Waals surface area contributed by atoms with Crippen LogP contribution in [0.4, 0.5) is 5.69 Å². The number of benzene rings is 1. The highest BCUT2D eigenvalue weighted by molar-refractivity contribution is 5.96. The van der Waals surface area contributed by atoms with Crippen molar-refractivity contribution in [1.82, 2.24) is 0 Å². The minimum Gasteiger partial charge on any atom is -0.325 e. The van der Waals surface area contributed by atoms with Gasteiger partial charge in [-0.1, -0.05) is 17.7 Å². The first kappa shape index (κ1) is 12.4. The molecule has 3 aliphatic rings. The Balaban J connectivity index is 1.52. The third-order valence-electron chi connectivity index (χ3n) is 5.96. The molecule has 106 valence electrons. The van der Waals surface area contributed by atoms with Crippen LogP contribution < -0.4 is 5.32 Å². The van der Waals surface area contributed by atoms with E-state index in [4.69, 9.17) is 0 Å². The molecule has 0 saturated heterocycles. The molecule has 2 nitrogen and oxygen atoms in total. The molecule has 1 aromatic carbocycles. The highest BCUT2D eigenvalue weighted by Gasteiger charge is 2.67. The molecule has 0 heterocycles. The summed E-state index contributed by atoms with van der Waals surface area (Å²) in [6, 6.07) is 4.31. The van der Waals surface area contributed by atoms with Gasteiger partial charge in [0, 0.05) is 11.6 Å². The second kappa shape index (κ2) is 4.09. The number of hydrogen-bond donors (Lipinski definition) is 1. The summed E-state index contributed by atoms with van der Waals surface area (Å²) in [6.07, 6.45) is 4.15. The van der Waals surface area contributed by atoms with Crippen LogP contribution >= 0.6 is 0 Å². The van der Waals surface area contributed by atoms with Crippen molar-refractivity contribution in [3.05, 3.63) is 28.8 Å². The molecule has 0 aliphatic heterocycles. The molecule has 0 aromatic heterocycles. The molecule has 1 aromatic rings. The first-order valence-electron chi connectivity index (χ1n) is 7.95. The van der Waals surface area contributed by atoms with Crippen molar-refractivity contribution in [2.45, 2.75) is 40.0 Å². The molecule has 2 bridgehead atoms. The first-order valence-corrected chi connectivity index (χ1v) is 7.95. The van der Waals surface area contributed by atoms with Gasteiger partial charge in [0.1, 0.15) is 0 Å². The number of amides is 1. The molecule has 20 heavy (non-hydrogen) atoms. The molecule has 4 rings (SSSR count). The highest BCUT2D eigenvalue weighted by atomic mass is 16.2. The van der Waals surface area contributed by atoms with E-state index in [0.29, 0.717) is 5.92 Å². The summed E-state index contributed by atoms with van der Waals surface area (Å²) in [5.41, 5.74) is 4.67. The highest BCUT2D eigenvalue weighted by Crippen LogP contribution is 2.69. The Hall–Kier alpha value is -1.31. The molecule has 1 N–H and O–H groups in total. The van der Waals surface area contributed by atoms with Crippen molar-refractivity contribution < 1.29 is 4.79 Å². The quantitative estimate of drug-likeness (QED) is 0.868. The van der Waals surface area contributed by atoms with Gasteiger partial charge in [-0.15, -0.1) is 0 Å². The minimum atomic E-state index is 0.284. The van der Waals surface area contributed by atoms with E-state index in [9.17, 15) is 4.79 Å². The van der Waals surface area contributed by atoms with E-state index in [1.165, 1.54) is 36.0 Å². The number of fused-ring (bicyclic) bond motifs is 5. The van der Waals surface area contributed by atoms with E-state index in [0.717, 1.165) is 29.4 Å². The van der Waals surface area contributed by atoms with Crippen molar-refractivity contribution in [2.75, 3.05) is 5.32 Å². The fourth-order valence-corrected chi connectivity index (χ4v) is 5.26. The number of hydrogen-bond acceptors (Lipinski definition) is 1. The smallest absolute Gasteiger partial charge is 0.228 e. The summed E-state index contributed by atoms with van der Waals surface area (Å²) in [4.78, 5) is 12.6. The number of rotatable bonds is 2. The van der Waals surface area contributed by atoms with Crippen LogP contribution in [0, 0.1) is 50.4 Å². The summed E-state index contributed by atoms with van der Waals surface area (Å²) in [5.74, 6) is 3.77. The van der Waals surface area contributed by atoms with Gasteiger partial charge in [-0.25, -0.2) is 0 Å². The van der Waals surface area contributed by atoms with Gasteiger partial charge in [-0.05, 0) is 74.8 Å². The molecular formula is C18H23NO. The van der Waals surface area contributed by atoms with Crippen LogP contribution in [-0.4, -0.2) is 5.91 Å². The van der Waals surface area contributed by atoms with Gasteiger partial charge in [0.2, 0.25) is 5.91 Å². The summed E-state index contributed by atoms with van der Waals surface area (Å²) < 4.78 is 0. The van der Waals surface area contributed by atoms with Crippen molar-refractivity contribution in [3.63, 3.8) is 0 Å². The van der Waals surface area contributed by atoms with Crippen molar-refractivity contribution in [2.24, 2.45) is 29.6 Å². The maximum absolute atomic E-state index is 12.6. The van der Waals surface area contributed by atoms with E-state index in [1.54, 1.807) is 0 Å². The van der Waals surface area contributed by atoms with Crippen molar-refractivity contribution >= 4 is 11.6 Å². The zero-order valence-corrected chi connectivity index (χ0v) is 12.6. The van der Waals surface area contributed by atoms with Gasteiger partial charge < -0.3 is 5.32 Å². The lowest BCUT2D eigenvalue weighted by atomic mass is 10.0. The SMILES string of the molecule is Cc1cc(C)c(NC(=O)C2[C@@H]3[C@@H]4CC[C@H](C4)[C@H]23)c(C)c1. The Bertz CT molecular complexity index is 552. The Morgan fingerprint density at radius 3 is 2.15 bits per heavy atom. The van der Waals surface area contributed by atoms with Crippen LogP contribution in [0.2, 0.25) is 0 Å². The van der Waals surface area contributed by atoms with Gasteiger partial charge in [-0.3, -0.25) is 4.79 Å². The fourth-order valence-electron chi connectivity index (χ4n) is 5.26. The van der Waals surface area contributed by atoms with Crippen molar-refractivity contribution in [1.29, 1.82) is 0 Å². The Kier molecular flexibility index (Phi) is 2.55. The van der Waals surface area contributed by atoms with Gasteiger partial charge in [0.05, 0.1) is 0 Å². The monoisotopic (exact) mass is 269 g/mol. The van der Waals surface area contributed by atoms with Crippen LogP contribution in [0.5, 0.6) is 0 Å². The van der Waals surface area contributed by atoms with E-state index < -0.39 is 0 Å². The third-order valence-corrected chi connectivity index (χ3v) is 5.96. The lowest BCUT2D eigenvalue weighted by Crippen LogP contribution is -2.19. The second-order valence-electron chi connectivity index (χ2n) is 7.28. The molecule has 3 saturated carbocycles. The second-order valence-corrected chi connectivity index (χ2v) is 7.28. The largest absolute Gasteiger partial charge is 0.325 e. The summed E-state index contributed by atoms with van der Waals surface area (Å²) in [5, 5.41) is 3.23. The fraction of sp³-hybridized carbons (Fsp3) is 0.611. The molecule has 0 spiro atoms. The summed E-state index contributed by atoms with van der Waals surface area (Å²) >= 11 is 0. The minimum absolute atomic E-state index is 0.284. The molecule has 3 fully saturated rings. The molecular weight excluding hydrogens is 246 g/mol. The molecule has 5 atom stereocenters. The third kappa shape index (κ3) is 1.66.